The van der Waals surface area contributed by atoms with Gasteiger partial charge in [-0.05, 0) is 25.8 Å². The lowest BCUT2D eigenvalue weighted by atomic mass is 10.1. The standard InChI is InChI=1S/C7H13N3O2/c8-4-2-1-3-5-6(11)10-7(12)9-5/h5H,1-4,8H2,(H2,9,10,11,12)/t5-/m0/s1. The summed E-state index contributed by atoms with van der Waals surface area (Å²) < 4.78 is 0. The number of imide groups is 1. The fraction of sp³-hybridized carbons (Fsp3) is 0.714. The van der Waals surface area contributed by atoms with Crippen LogP contribution in [0.2, 0.25) is 0 Å². The molecule has 0 spiro atoms. The molecule has 1 aliphatic heterocycles. The van der Waals surface area contributed by atoms with E-state index in [0.717, 1.165) is 12.8 Å². The molecule has 5 heteroatoms. The molecule has 0 aromatic rings. The zero-order valence-electron chi connectivity index (χ0n) is 6.80. The van der Waals surface area contributed by atoms with Crippen LogP contribution in [0.5, 0.6) is 0 Å². The zero-order valence-corrected chi connectivity index (χ0v) is 6.80. The summed E-state index contributed by atoms with van der Waals surface area (Å²) >= 11 is 0. The molecule has 1 fully saturated rings. The van der Waals surface area contributed by atoms with Crippen molar-refractivity contribution in [2.75, 3.05) is 6.54 Å². The Hall–Kier alpha value is -1.10. The predicted octanol–water partition coefficient (Wildman–Crippen LogP) is -0.677. The molecule has 0 aromatic heterocycles. The minimum absolute atomic E-state index is 0.225. The van der Waals surface area contributed by atoms with Crippen molar-refractivity contribution in [1.82, 2.24) is 10.6 Å². The van der Waals surface area contributed by atoms with Gasteiger partial charge in [-0.2, -0.15) is 0 Å². The van der Waals surface area contributed by atoms with E-state index in [1.807, 2.05) is 0 Å². The lowest BCUT2D eigenvalue weighted by Crippen LogP contribution is -2.28. The molecule has 1 saturated heterocycles. The average molecular weight is 171 g/mol. The van der Waals surface area contributed by atoms with Crippen molar-refractivity contribution in [2.45, 2.75) is 25.3 Å². The van der Waals surface area contributed by atoms with Gasteiger partial charge in [0.2, 0.25) is 0 Å². The highest BCUT2D eigenvalue weighted by Crippen LogP contribution is 2.03. The van der Waals surface area contributed by atoms with Crippen LogP contribution in [-0.4, -0.2) is 24.5 Å². The maximum Gasteiger partial charge on any atom is 0.322 e. The van der Waals surface area contributed by atoms with E-state index in [1.54, 1.807) is 0 Å². The van der Waals surface area contributed by atoms with Crippen molar-refractivity contribution >= 4 is 11.9 Å². The van der Waals surface area contributed by atoms with Gasteiger partial charge in [-0.25, -0.2) is 4.79 Å². The smallest absolute Gasteiger partial charge is 0.322 e. The van der Waals surface area contributed by atoms with Gasteiger partial charge in [0.1, 0.15) is 6.04 Å². The van der Waals surface area contributed by atoms with Gasteiger partial charge in [0.25, 0.3) is 5.91 Å². The summed E-state index contributed by atoms with van der Waals surface area (Å²) in [7, 11) is 0. The third-order valence-electron chi connectivity index (χ3n) is 1.81. The second kappa shape index (κ2) is 4.06. The molecular formula is C7H13N3O2. The van der Waals surface area contributed by atoms with Crippen LogP contribution in [0.25, 0.3) is 0 Å². The molecule has 0 aromatic carbocycles. The lowest BCUT2D eigenvalue weighted by Gasteiger charge is -2.04. The maximum absolute atomic E-state index is 11.0. The van der Waals surface area contributed by atoms with Crippen LogP contribution in [0, 0.1) is 0 Å². The molecule has 12 heavy (non-hydrogen) atoms. The van der Waals surface area contributed by atoms with E-state index in [2.05, 4.69) is 10.6 Å². The number of carbonyl (C=O) groups is 2. The summed E-state index contributed by atoms with van der Waals surface area (Å²) in [6.45, 7) is 0.627. The van der Waals surface area contributed by atoms with Crippen molar-refractivity contribution in [3.05, 3.63) is 0 Å². The van der Waals surface area contributed by atoms with Gasteiger partial charge in [0, 0.05) is 0 Å². The number of nitrogens with two attached hydrogens (primary N) is 1. The Kier molecular flexibility index (Phi) is 3.04. The van der Waals surface area contributed by atoms with E-state index < -0.39 is 6.03 Å². The van der Waals surface area contributed by atoms with Crippen LogP contribution in [0.3, 0.4) is 0 Å². The Morgan fingerprint density at radius 1 is 1.33 bits per heavy atom. The van der Waals surface area contributed by atoms with E-state index in [1.165, 1.54) is 0 Å². The molecule has 0 aliphatic carbocycles. The first-order chi connectivity index (χ1) is 5.74. The second-order valence-electron chi connectivity index (χ2n) is 2.80. The Bertz CT molecular complexity index is 193. The fourth-order valence-electron chi connectivity index (χ4n) is 1.15. The van der Waals surface area contributed by atoms with E-state index in [0.29, 0.717) is 13.0 Å². The van der Waals surface area contributed by atoms with E-state index in [-0.39, 0.29) is 11.9 Å². The third-order valence-corrected chi connectivity index (χ3v) is 1.81. The number of hydrogen-bond acceptors (Lipinski definition) is 3. The van der Waals surface area contributed by atoms with Crippen LogP contribution in [0.4, 0.5) is 4.79 Å². The summed E-state index contributed by atoms with van der Waals surface area (Å²) in [5, 5.41) is 4.70. The molecule has 1 atom stereocenters. The van der Waals surface area contributed by atoms with Gasteiger partial charge in [-0.1, -0.05) is 0 Å². The lowest BCUT2D eigenvalue weighted by molar-refractivity contribution is -0.120. The van der Waals surface area contributed by atoms with Gasteiger partial charge in [-0.15, -0.1) is 0 Å². The van der Waals surface area contributed by atoms with Crippen molar-refractivity contribution < 1.29 is 9.59 Å². The van der Waals surface area contributed by atoms with Crippen LogP contribution in [-0.2, 0) is 4.79 Å². The summed E-state index contributed by atoms with van der Waals surface area (Å²) in [4.78, 5) is 21.6. The summed E-state index contributed by atoms with van der Waals surface area (Å²) in [5.74, 6) is -0.225. The summed E-state index contributed by atoms with van der Waals surface area (Å²) in [5.41, 5.74) is 5.29. The minimum Gasteiger partial charge on any atom is -0.330 e. The number of rotatable bonds is 4. The Morgan fingerprint density at radius 2 is 2.08 bits per heavy atom. The monoisotopic (exact) mass is 171 g/mol. The van der Waals surface area contributed by atoms with Gasteiger partial charge >= 0.3 is 6.03 Å². The van der Waals surface area contributed by atoms with Crippen LogP contribution in [0.15, 0.2) is 0 Å². The highest BCUT2D eigenvalue weighted by atomic mass is 16.2. The molecule has 1 aliphatic rings. The summed E-state index contributed by atoms with van der Waals surface area (Å²) in [6, 6.07) is -0.734. The van der Waals surface area contributed by atoms with Crippen molar-refractivity contribution in [1.29, 1.82) is 0 Å². The molecule has 4 N–H and O–H groups in total. The van der Waals surface area contributed by atoms with Crippen molar-refractivity contribution in [3.63, 3.8) is 0 Å². The first-order valence-corrected chi connectivity index (χ1v) is 4.05. The first-order valence-electron chi connectivity index (χ1n) is 4.05. The van der Waals surface area contributed by atoms with Gasteiger partial charge in [-0.3, -0.25) is 10.1 Å². The zero-order chi connectivity index (χ0) is 8.97. The van der Waals surface area contributed by atoms with E-state index in [4.69, 9.17) is 5.73 Å². The summed E-state index contributed by atoms with van der Waals surface area (Å²) in [6.07, 6.45) is 2.43. The average Bonchev–Trinajstić information content (AvgIpc) is 2.31. The molecule has 3 amide bonds. The van der Waals surface area contributed by atoms with E-state index >= 15 is 0 Å². The number of carbonyl (C=O) groups excluding carboxylic acids is 2. The second-order valence-corrected chi connectivity index (χ2v) is 2.80. The maximum atomic E-state index is 11.0. The SMILES string of the molecule is NCCCC[C@@H]1NC(=O)NC1=O. The predicted molar refractivity (Wildman–Crippen MR) is 43.4 cm³/mol. The number of amides is 3. The highest BCUT2D eigenvalue weighted by Gasteiger charge is 2.28. The Balaban J connectivity index is 2.24. The Morgan fingerprint density at radius 3 is 2.58 bits per heavy atom. The largest absolute Gasteiger partial charge is 0.330 e. The van der Waals surface area contributed by atoms with Crippen molar-refractivity contribution in [2.24, 2.45) is 5.73 Å². The number of urea groups is 1. The minimum atomic E-state index is -0.391. The molecule has 5 nitrogen and oxygen atoms in total. The van der Waals surface area contributed by atoms with Gasteiger partial charge in [0.05, 0.1) is 0 Å². The molecule has 0 bridgehead atoms. The van der Waals surface area contributed by atoms with Crippen LogP contribution in [0.1, 0.15) is 19.3 Å². The highest BCUT2D eigenvalue weighted by molar-refractivity contribution is 6.04. The van der Waals surface area contributed by atoms with Crippen molar-refractivity contribution in [3.8, 4) is 0 Å². The van der Waals surface area contributed by atoms with Crippen LogP contribution < -0.4 is 16.4 Å². The topological polar surface area (TPSA) is 84.2 Å². The third kappa shape index (κ3) is 2.20. The normalized spacial score (nSPS) is 22.2. The number of nitrogens with one attached hydrogen (secondary N) is 2. The molecule has 1 rings (SSSR count). The first kappa shape index (κ1) is 8.99. The van der Waals surface area contributed by atoms with Gasteiger partial charge in [0.15, 0.2) is 0 Å². The Labute approximate surface area is 70.7 Å². The quantitative estimate of drug-likeness (QED) is 0.387. The number of hydrogen-bond donors (Lipinski definition) is 3. The molecule has 68 valence electrons. The molecule has 1 heterocycles. The molecular weight excluding hydrogens is 158 g/mol. The van der Waals surface area contributed by atoms with E-state index in [9.17, 15) is 9.59 Å². The molecule has 0 unspecified atom stereocenters. The molecule has 0 radical (unpaired) electrons. The number of unbranched alkanes of at least 4 members (excludes halogenated alkanes) is 1. The van der Waals surface area contributed by atoms with Gasteiger partial charge < -0.3 is 11.1 Å². The van der Waals surface area contributed by atoms with Crippen LogP contribution >= 0.6 is 0 Å². The fourth-order valence-corrected chi connectivity index (χ4v) is 1.15. The molecule has 0 saturated carbocycles.